The average Bonchev–Trinajstić information content (AvgIpc) is 2.59. The monoisotopic (exact) mass is 229 g/mol. The van der Waals surface area contributed by atoms with Crippen LogP contribution in [0.2, 0.25) is 0 Å². The van der Waals surface area contributed by atoms with Gasteiger partial charge in [0.1, 0.15) is 0 Å². The van der Waals surface area contributed by atoms with Crippen LogP contribution in [-0.2, 0) is 0 Å². The second-order valence-electron chi connectivity index (χ2n) is 4.28. The Labute approximate surface area is 100 Å². The van der Waals surface area contributed by atoms with E-state index < -0.39 is 5.91 Å². The van der Waals surface area contributed by atoms with Crippen molar-refractivity contribution in [2.24, 2.45) is 5.73 Å². The predicted molar refractivity (Wildman–Crippen MR) is 66.3 cm³/mol. The number of nitrogens with two attached hydrogens (primary N) is 1. The van der Waals surface area contributed by atoms with Gasteiger partial charge in [-0.05, 0) is 44.0 Å². The Morgan fingerprint density at radius 3 is 2.24 bits per heavy atom. The van der Waals surface area contributed by atoms with E-state index in [2.05, 4.69) is 11.2 Å². The van der Waals surface area contributed by atoms with E-state index >= 15 is 0 Å². The number of carbonyl (C=O) groups is 1. The second-order valence-corrected chi connectivity index (χ2v) is 4.28. The smallest absolute Gasteiger partial charge is 0.252 e. The fourth-order valence-electron chi connectivity index (χ4n) is 1.92. The third-order valence-corrected chi connectivity index (χ3v) is 2.64. The summed E-state index contributed by atoms with van der Waals surface area (Å²) in [4.78, 5) is 11.2. The molecule has 88 valence electrons. The standard InChI is InChI=1S/C13H15N3O/c1-8-4-9(2)6-11(5-8)16-7-12(13(14)17)10(3)15-16/h4-7H,1-3H3,(H2,14,17). The van der Waals surface area contributed by atoms with Crippen LogP contribution in [0, 0.1) is 20.8 Å². The molecule has 0 unspecified atom stereocenters. The number of primary amides is 1. The van der Waals surface area contributed by atoms with Crippen molar-refractivity contribution in [3.63, 3.8) is 0 Å². The molecule has 0 saturated heterocycles. The maximum atomic E-state index is 11.2. The number of aryl methyl sites for hydroxylation is 3. The molecule has 1 amide bonds. The molecule has 2 rings (SSSR count). The van der Waals surface area contributed by atoms with Crippen LogP contribution < -0.4 is 5.73 Å². The molecule has 1 aromatic heterocycles. The Hall–Kier alpha value is -2.10. The number of benzene rings is 1. The number of aromatic nitrogens is 2. The van der Waals surface area contributed by atoms with Gasteiger partial charge in [0, 0.05) is 6.20 Å². The molecule has 0 bridgehead atoms. The topological polar surface area (TPSA) is 60.9 Å². The molecule has 2 N–H and O–H groups in total. The highest BCUT2D eigenvalue weighted by molar-refractivity contribution is 5.93. The van der Waals surface area contributed by atoms with Crippen molar-refractivity contribution in [2.75, 3.05) is 0 Å². The lowest BCUT2D eigenvalue weighted by Crippen LogP contribution is -2.11. The maximum Gasteiger partial charge on any atom is 0.252 e. The van der Waals surface area contributed by atoms with Crippen molar-refractivity contribution in [3.05, 3.63) is 46.8 Å². The zero-order valence-corrected chi connectivity index (χ0v) is 10.2. The van der Waals surface area contributed by atoms with Crippen molar-refractivity contribution in [2.45, 2.75) is 20.8 Å². The van der Waals surface area contributed by atoms with Crippen molar-refractivity contribution in [3.8, 4) is 5.69 Å². The first-order valence-corrected chi connectivity index (χ1v) is 5.42. The number of amides is 1. The van der Waals surface area contributed by atoms with Gasteiger partial charge in [-0.15, -0.1) is 0 Å². The van der Waals surface area contributed by atoms with E-state index in [0.717, 1.165) is 16.8 Å². The van der Waals surface area contributed by atoms with Crippen LogP contribution in [0.5, 0.6) is 0 Å². The highest BCUT2D eigenvalue weighted by Crippen LogP contribution is 2.15. The molecular weight excluding hydrogens is 214 g/mol. The van der Waals surface area contributed by atoms with Crippen LogP contribution in [-0.4, -0.2) is 15.7 Å². The lowest BCUT2D eigenvalue weighted by Gasteiger charge is -2.04. The van der Waals surface area contributed by atoms with E-state index in [1.807, 2.05) is 26.0 Å². The molecule has 1 heterocycles. The van der Waals surface area contributed by atoms with Crippen LogP contribution in [0.3, 0.4) is 0 Å². The molecule has 0 aliphatic heterocycles. The molecule has 1 aromatic carbocycles. The molecule has 0 fully saturated rings. The first-order valence-electron chi connectivity index (χ1n) is 5.42. The number of nitrogens with zero attached hydrogens (tertiary/aromatic N) is 2. The number of carbonyl (C=O) groups excluding carboxylic acids is 1. The van der Waals surface area contributed by atoms with Crippen molar-refractivity contribution < 1.29 is 4.79 Å². The van der Waals surface area contributed by atoms with Gasteiger partial charge in [0.15, 0.2) is 0 Å². The molecule has 4 heteroatoms. The Kier molecular flexibility index (Phi) is 2.71. The molecular formula is C13H15N3O. The minimum Gasteiger partial charge on any atom is -0.365 e. The van der Waals surface area contributed by atoms with Crippen LogP contribution in [0.25, 0.3) is 5.69 Å². The van der Waals surface area contributed by atoms with Crippen LogP contribution in [0.15, 0.2) is 24.4 Å². The largest absolute Gasteiger partial charge is 0.365 e. The van der Waals surface area contributed by atoms with Crippen LogP contribution in [0.1, 0.15) is 27.2 Å². The molecule has 0 spiro atoms. The van der Waals surface area contributed by atoms with E-state index in [0.29, 0.717) is 11.3 Å². The van der Waals surface area contributed by atoms with Gasteiger partial charge >= 0.3 is 0 Å². The Morgan fingerprint density at radius 1 is 1.18 bits per heavy atom. The third kappa shape index (κ3) is 2.20. The minimum atomic E-state index is -0.446. The molecule has 0 aliphatic rings. The molecule has 0 aliphatic carbocycles. The first kappa shape index (κ1) is 11.4. The first-order chi connectivity index (χ1) is 7.97. The average molecular weight is 229 g/mol. The summed E-state index contributed by atoms with van der Waals surface area (Å²) < 4.78 is 1.69. The molecule has 2 aromatic rings. The third-order valence-electron chi connectivity index (χ3n) is 2.64. The summed E-state index contributed by atoms with van der Waals surface area (Å²) in [5.41, 5.74) is 9.65. The Balaban J connectivity index is 2.53. The van der Waals surface area contributed by atoms with Gasteiger partial charge in [-0.3, -0.25) is 4.79 Å². The van der Waals surface area contributed by atoms with E-state index in [9.17, 15) is 4.79 Å². The lowest BCUT2D eigenvalue weighted by molar-refractivity contribution is 0.0999. The van der Waals surface area contributed by atoms with E-state index in [-0.39, 0.29) is 0 Å². The summed E-state index contributed by atoms with van der Waals surface area (Å²) in [5.74, 6) is -0.446. The highest BCUT2D eigenvalue weighted by Gasteiger charge is 2.11. The van der Waals surface area contributed by atoms with Gasteiger partial charge in [-0.25, -0.2) is 4.68 Å². The van der Waals surface area contributed by atoms with Crippen LogP contribution in [0.4, 0.5) is 0 Å². The van der Waals surface area contributed by atoms with E-state index in [1.165, 1.54) is 0 Å². The fraction of sp³-hybridized carbons (Fsp3) is 0.231. The normalized spacial score (nSPS) is 10.5. The van der Waals surface area contributed by atoms with Gasteiger partial charge in [0.05, 0.1) is 16.9 Å². The van der Waals surface area contributed by atoms with E-state index in [1.54, 1.807) is 17.8 Å². The van der Waals surface area contributed by atoms with Gasteiger partial charge < -0.3 is 5.73 Å². The molecule has 0 saturated carbocycles. The maximum absolute atomic E-state index is 11.2. The number of hydrogen-bond donors (Lipinski definition) is 1. The lowest BCUT2D eigenvalue weighted by atomic mass is 10.1. The predicted octanol–water partition coefficient (Wildman–Crippen LogP) is 1.90. The summed E-state index contributed by atoms with van der Waals surface area (Å²) >= 11 is 0. The van der Waals surface area contributed by atoms with Crippen molar-refractivity contribution >= 4 is 5.91 Å². The van der Waals surface area contributed by atoms with Crippen molar-refractivity contribution in [1.82, 2.24) is 9.78 Å². The highest BCUT2D eigenvalue weighted by atomic mass is 16.1. The van der Waals surface area contributed by atoms with Crippen LogP contribution >= 0.6 is 0 Å². The zero-order chi connectivity index (χ0) is 12.6. The van der Waals surface area contributed by atoms with Gasteiger partial charge in [-0.1, -0.05) is 6.07 Å². The molecule has 0 atom stereocenters. The Bertz CT molecular complexity index is 564. The fourth-order valence-corrected chi connectivity index (χ4v) is 1.92. The molecule has 17 heavy (non-hydrogen) atoms. The second kappa shape index (κ2) is 4.05. The summed E-state index contributed by atoms with van der Waals surface area (Å²) in [7, 11) is 0. The van der Waals surface area contributed by atoms with Gasteiger partial charge in [0.2, 0.25) is 0 Å². The van der Waals surface area contributed by atoms with E-state index in [4.69, 9.17) is 5.73 Å². The summed E-state index contributed by atoms with van der Waals surface area (Å²) in [6.07, 6.45) is 1.67. The summed E-state index contributed by atoms with van der Waals surface area (Å²) in [6, 6.07) is 6.13. The SMILES string of the molecule is Cc1cc(C)cc(-n2cc(C(N)=O)c(C)n2)c1. The number of hydrogen-bond acceptors (Lipinski definition) is 2. The summed E-state index contributed by atoms with van der Waals surface area (Å²) in [6.45, 7) is 5.84. The zero-order valence-electron chi connectivity index (χ0n) is 10.2. The molecule has 0 radical (unpaired) electrons. The Morgan fingerprint density at radius 2 is 1.76 bits per heavy atom. The number of rotatable bonds is 2. The van der Waals surface area contributed by atoms with Crippen molar-refractivity contribution in [1.29, 1.82) is 0 Å². The van der Waals surface area contributed by atoms with Gasteiger partial charge in [-0.2, -0.15) is 5.10 Å². The quantitative estimate of drug-likeness (QED) is 0.854. The molecule has 4 nitrogen and oxygen atoms in total. The van der Waals surface area contributed by atoms with Gasteiger partial charge in [0.25, 0.3) is 5.91 Å². The minimum absolute atomic E-state index is 0.446. The summed E-state index contributed by atoms with van der Waals surface area (Å²) in [5, 5.41) is 4.30.